The van der Waals surface area contributed by atoms with Crippen molar-refractivity contribution in [1.29, 1.82) is 0 Å². The second-order valence-corrected chi connectivity index (χ2v) is 8.78. The number of ether oxygens (including phenoxy) is 2. The molecule has 1 N–H and O–H groups in total. The predicted octanol–water partition coefficient (Wildman–Crippen LogP) is 4.74. The van der Waals surface area contributed by atoms with Gasteiger partial charge in [0.1, 0.15) is 12.4 Å². The van der Waals surface area contributed by atoms with Crippen LogP contribution < -0.4 is 15.6 Å². The maximum Gasteiger partial charge on any atom is 0.250 e. The van der Waals surface area contributed by atoms with Gasteiger partial charge in [-0.15, -0.1) is 0 Å². The fraction of sp³-hybridized carbons (Fsp3) is 0.276. The number of para-hydroxylation sites is 1. The SMILES string of the molecule is O=c1cc(C2CCNCC2OCc2ccc3ccccc3c2)ccn1CCOc1ccccc1. The predicted molar refractivity (Wildman–Crippen MR) is 135 cm³/mol. The van der Waals surface area contributed by atoms with Gasteiger partial charge in [-0.05, 0) is 59.1 Å². The minimum absolute atomic E-state index is 0.000901. The first-order valence-corrected chi connectivity index (χ1v) is 11.9. The van der Waals surface area contributed by atoms with Crippen molar-refractivity contribution in [1.82, 2.24) is 9.88 Å². The van der Waals surface area contributed by atoms with E-state index in [9.17, 15) is 4.79 Å². The van der Waals surface area contributed by atoms with Gasteiger partial charge < -0.3 is 19.4 Å². The quantitative estimate of drug-likeness (QED) is 0.418. The lowest BCUT2D eigenvalue weighted by Crippen LogP contribution is -2.41. The van der Waals surface area contributed by atoms with Crippen LogP contribution >= 0.6 is 0 Å². The summed E-state index contributed by atoms with van der Waals surface area (Å²) >= 11 is 0. The van der Waals surface area contributed by atoms with Gasteiger partial charge in [-0.2, -0.15) is 0 Å². The molecule has 174 valence electrons. The molecule has 1 fully saturated rings. The monoisotopic (exact) mass is 454 g/mol. The summed E-state index contributed by atoms with van der Waals surface area (Å²) in [5.41, 5.74) is 2.22. The maximum atomic E-state index is 12.8. The third kappa shape index (κ3) is 5.38. The van der Waals surface area contributed by atoms with Crippen molar-refractivity contribution in [2.75, 3.05) is 19.7 Å². The van der Waals surface area contributed by atoms with Gasteiger partial charge in [0.25, 0.3) is 5.56 Å². The van der Waals surface area contributed by atoms with Crippen molar-refractivity contribution >= 4 is 10.8 Å². The van der Waals surface area contributed by atoms with Gasteiger partial charge in [0.15, 0.2) is 0 Å². The highest BCUT2D eigenvalue weighted by atomic mass is 16.5. The van der Waals surface area contributed by atoms with E-state index in [2.05, 4.69) is 53.8 Å². The van der Waals surface area contributed by atoms with E-state index in [4.69, 9.17) is 9.47 Å². The topological polar surface area (TPSA) is 52.5 Å². The molecule has 0 bridgehead atoms. The summed E-state index contributed by atoms with van der Waals surface area (Å²) in [7, 11) is 0. The molecule has 2 heterocycles. The minimum atomic E-state index is 0.000901. The number of aromatic nitrogens is 1. The highest BCUT2D eigenvalue weighted by molar-refractivity contribution is 5.82. The molecule has 5 heteroatoms. The smallest absolute Gasteiger partial charge is 0.250 e. The normalized spacial score (nSPS) is 18.1. The molecule has 0 spiro atoms. The Bertz CT molecular complexity index is 1290. The largest absolute Gasteiger partial charge is 0.492 e. The Hall–Kier alpha value is -3.41. The number of hydrogen-bond donors (Lipinski definition) is 1. The van der Waals surface area contributed by atoms with Crippen LogP contribution in [0.3, 0.4) is 0 Å². The molecule has 1 aliphatic rings. The van der Waals surface area contributed by atoms with Crippen molar-refractivity contribution in [3.8, 4) is 5.75 Å². The number of nitrogens with one attached hydrogen (secondary N) is 1. The molecule has 0 radical (unpaired) electrons. The lowest BCUT2D eigenvalue weighted by molar-refractivity contribution is 0.0106. The van der Waals surface area contributed by atoms with E-state index in [1.54, 1.807) is 10.6 Å². The van der Waals surface area contributed by atoms with Crippen molar-refractivity contribution < 1.29 is 9.47 Å². The molecule has 3 aromatic carbocycles. The van der Waals surface area contributed by atoms with Crippen LogP contribution in [-0.2, 0) is 17.9 Å². The Morgan fingerprint density at radius 1 is 0.912 bits per heavy atom. The van der Waals surface area contributed by atoms with Gasteiger partial charge >= 0.3 is 0 Å². The Kier molecular flexibility index (Phi) is 7.03. The highest BCUT2D eigenvalue weighted by Gasteiger charge is 2.27. The first-order valence-electron chi connectivity index (χ1n) is 11.9. The lowest BCUT2D eigenvalue weighted by Gasteiger charge is -2.32. The standard InChI is InChI=1S/C29H30N2O3/c32-29-19-25(13-15-31(29)16-17-33-26-8-2-1-3-9-26)27-12-14-30-20-28(27)34-21-22-10-11-23-6-4-5-7-24(23)18-22/h1-11,13,15,18-19,27-28,30H,12,14,16-17,20-21H2. The molecule has 34 heavy (non-hydrogen) atoms. The molecule has 1 saturated heterocycles. The molecule has 4 aromatic rings. The number of fused-ring (bicyclic) bond motifs is 1. The Morgan fingerprint density at radius 3 is 2.59 bits per heavy atom. The molecule has 5 rings (SSSR count). The van der Waals surface area contributed by atoms with Crippen molar-refractivity contribution in [3.63, 3.8) is 0 Å². The molecular weight excluding hydrogens is 424 g/mol. The van der Waals surface area contributed by atoms with Crippen molar-refractivity contribution in [2.45, 2.75) is 31.6 Å². The molecule has 0 amide bonds. The summed E-state index contributed by atoms with van der Waals surface area (Å²) in [6.45, 7) is 3.23. The minimum Gasteiger partial charge on any atom is -0.492 e. The summed E-state index contributed by atoms with van der Waals surface area (Å²) < 4.78 is 13.8. The third-order valence-electron chi connectivity index (χ3n) is 6.50. The molecule has 2 unspecified atom stereocenters. The summed E-state index contributed by atoms with van der Waals surface area (Å²) in [5, 5.41) is 5.90. The molecule has 1 aliphatic heterocycles. The van der Waals surface area contributed by atoms with Gasteiger partial charge in [-0.3, -0.25) is 4.79 Å². The van der Waals surface area contributed by atoms with Gasteiger partial charge in [0.05, 0.1) is 19.3 Å². The zero-order chi connectivity index (χ0) is 23.2. The van der Waals surface area contributed by atoms with E-state index >= 15 is 0 Å². The summed E-state index contributed by atoms with van der Waals surface area (Å²) in [5.74, 6) is 1.01. The van der Waals surface area contributed by atoms with E-state index in [0.29, 0.717) is 19.8 Å². The average Bonchev–Trinajstić information content (AvgIpc) is 2.89. The van der Waals surface area contributed by atoms with Crippen LogP contribution in [0.2, 0.25) is 0 Å². The van der Waals surface area contributed by atoms with Gasteiger partial charge in [-0.1, -0.05) is 54.6 Å². The Labute approximate surface area is 200 Å². The van der Waals surface area contributed by atoms with E-state index in [0.717, 1.165) is 36.4 Å². The summed E-state index contributed by atoms with van der Waals surface area (Å²) in [6, 6.07) is 28.3. The van der Waals surface area contributed by atoms with E-state index in [-0.39, 0.29) is 17.6 Å². The first kappa shape index (κ1) is 22.4. The zero-order valence-corrected chi connectivity index (χ0v) is 19.2. The van der Waals surface area contributed by atoms with Gasteiger partial charge in [0, 0.05) is 24.7 Å². The van der Waals surface area contributed by atoms with E-state index < -0.39 is 0 Å². The van der Waals surface area contributed by atoms with Crippen LogP contribution in [0.4, 0.5) is 0 Å². The summed E-state index contributed by atoms with van der Waals surface area (Å²) in [4.78, 5) is 12.8. The lowest BCUT2D eigenvalue weighted by atomic mass is 9.88. The number of hydrogen-bond acceptors (Lipinski definition) is 4. The van der Waals surface area contributed by atoms with Crippen LogP contribution in [0.1, 0.15) is 23.5 Å². The zero-order valence-electron chi connectivity index (χ0n) is 19.2. The third-order valence-corrected chi connectivity index (χ3v) is 6.50. The Balaban J connectivity index is 1.23. The first-order chi connectivity index (χ1) is 16.8. The molecule has 0 saturated carbocycles. The van der Waals surface area contributed by atoms with Crippen LogP contribution in [0.25, 0.3) is 10.8 Å². The number of rotatable bonds is 8. The second-order valence-electron chi connectivity index (χ2n) is 8.78. The Morgan fingerprint density at radius 2 is 1.74 bits per heavy atom. The fourth-order valence-electron chi connectivity index (χ4n) is 4.64. The fourth-order valence-corrected chi connectivity index (χ4v) is 4.64. The van der Waals surface area contributed by atoms with Gasteiger partial charge in [0.2, 0.25) is 0 Å². The van der Waals surface area contributed by atoms with E-state index in [1.807, 2.05) is 36.5 Å². The summed E-state index contributed by atoms with van der Waals surface area (Å²) in [6.07, 6.45) is 2.86. The van der Waals surface area contributed by atoms with Crippen LogP contribution in [-0.4, -0.2) is 30.4 Å². The van der Waals surface area contributed by atoms with Crippen LogP contribution in [0, 0.1) is 0 Å². The average molecular weight is 455 g/mol. The molecule has 1 aromatic heterocycles. The van der Waals surface area contributed by atoms with Crippen molar-refractivity contribution in [3.05, 3.63) is 113 Å². The molecular formula is C29H30N2O3. The molecule has 5 nitrogen and oxygen atoms in total. The van der Waals surface area contributed by atoms with Crippen molar-refractivity contribution in [2.24, 2.45) is 0 Å². The number of pyridine rings is 1. The second kappa shape index (κ2) is 10.7. The number of nitrogens with zero attached hydrogens (tertiary/aromatic N) is 1. The van der Waals surface area contributed by atoms with Crippen LogP contribution in [0.5, 0.6) is 5.75 Å². The number of piperidine rings is 1. The van der Waals surface area contributed by atoms with Gasteiger partial charge in [-0.25, -0.2) is 0 Å². The molecule has 0 aliphatic carbocycles. The highest BCUT2D eigenvalue weighted by Crippen LogP contribution is 2.28. The van der Waals surface area contributed by atoms with E-state index in [1.165, 1.54) is 10.8 Å². The number of benzene rings is 3. The molecule has 2 atom stereocenters. The maximum absolute atomic E-state index is 12.8. The van der Waals surface area contributed by atoms with Crippen LogP contribution in [0.15, 0.2) is 95.9 Å².